The summed E-state index contributed by atoms with van der Waals surface area (Å²) in [6.45, 7) is 4.85. The highest BCUT2D eigenvalue weighted by molar-refractivity contribution is 6.13. The van der Waals surface area contributed by atoms with Crippen molar-refractivity contribution in [2.75, 3.05) is 18.0 Å². The summed E-state index contributed by atoms with van der Waals surface area (Å²) < 4.78 is 0. The van der Waals surface area contributed by atoms with Gasteiger partial charge in [0, 0.05) is 19.2 Å². The number of nitrogens with zero attached hydrogens (tertiary/aromatic N) is 1. The molecule has 3 N–H and O–H groups in total. The van der Waals surface area contributed by atoms with Gasteiger partial charge in [-0.1, -0.05) is 12.1 Å². The maximum Gasteiger partial charge on any atom is 0.337 e. The zero-order chi connectivity index (χ0) is 17.9. The number of aromatic carboxylic acids is 1. The normalized spacial score (nSPS) is 10.4. The van der Waals surface area contributed by atoms with Gasteiger partial charge in [-0.3, -0.25) is 4.79 Å². The number of aromatic hydroxyl groups is 2. The van der Waals surface area contributed by atoms with E-state index in [1.807, 2.05) is 13.8 Å². The van der Waals surface area contributed by atoms with Gasteiger partial charge >= 0.3 is 5.97 Å². The first-order valence-corrected chi connectivity index (χ1v) is 7.58. The average molecular weight is 329 g/mol. The SMILES string of the molecule is CCN(CC)c1cc(O)c(C(=O)c2ccccc2O)cc1C(=O)O. The van der Waals surface area contributed by atoms with Crippen LogP contribution in [0.5, 0.6) is 11.5 Å². The Hall–Kier alpha value is -3.02. The summed E-state index contributed by atoms with van der Waals surface area (Å²) in [6.07, 6.45) is 0. The smallest absolute Gasteiger partial charge is 0.337 e. The van der Waals surface area contributed by atoms with Crippen LogP contribution in [0, 0.1) is 0 Å². The van der Waals surface area contributed by atoms with E-state index in [-0.39, 0.29) is 28.2 Å². The summed E-state index contributed by atoms with van der Waals surface area (Å²) in [5.74, 6) is -2.39. The van der Waals surface area contributed by atoms with Crippen LogP contribution in [-0.2, 0) is 0 Å². The van der Waals surface area contributed by atoms with Crippen LogP contribution >= 0.6 is 0 Å². The molecule has 0 heterocycles. The van der Waals surface area contributed by atoms with Crippen LogP contribution in [0.2, 0.25) is 0 Å². The number of phenolic OH excluding ortho intramolecular Hbond substituents is 2. The van der Waals surface area contributed by atoms with E-state index >= 15 is 0 Å². The highest BCUT2D eigenvalue weighted by Crippen LogP contribution is 2.32. The summed E-state index contributed by atoms with van der Waals surface area (Å²) in [7, 11) is 0. The molecule has 0 fully saturated rings. The topological polar surface area (TPSA) is 98.1 Å². The molecule has 0 unspecified atom stereocenters. The number of hydrogen-bond donors (Lipinski definition) is 3. The van der Waals surface area contributed by atoms with Crippen molar-refractivity contribution in [1.82, 2.24) is 0 Å². The Morgan fingerprint density at radius 2 is 1.54 bits per heavy atom. The van der Waals surface area contributed by atoms with Crippen molar-refractivity contribution in [2.45, 2.75) is 13.8 Å². The van der Waals surface area contributed by atoms with Crippen LogP contribution in [0.15, 0.2) is 36.4 Å². The summed E-state index contributed by atoms with van der Waals surface area (Å²) in [6, 6.07) is 8.34. The van der Waals surface area contributed by atoms with Crippen LogP contribution in [0.4, 0.5) is 5.69 Å². The summed E-state index contributed by atoms with van der Waals surface area (Å²) >= 11 is 0. The van der Waals surface area contributed by atoms with Gasteiger partial charge in [0.05, 0.1) is 22.4 Å². The zero-order valence-electron chi connectivity index (χ0n) is 13.5. The minimum Gasteiger partial charge on any atom is -0.507 e. The molecule has 6 nitrogen and oxygen atoms in total. The Kier molecular flexibility index (Phi) is 5.08. The van der Waals surface area contributed by atoms with Gasteiger partial charge in [0.25, 0.3) is 0 Å². The van der Waals surface area contributed by atoms with Gasteiger partial charge < -0.3 is 20.2 Å². The molecule has 0 aliphatic carbocycles. The third-order valence-corrected chi connectivity index (χ3v) is 3.84. The standard InChI is InChI=1S/C18H19NO5/c1-3-19(4-2)14-10-16(21)13(9-12(14)18(23)24)17(22)11-7-5-6-8-15(11)20/h5-10,20-21H,3-4H2,1-2H3,(H,23,24). The Labute approximate surface area is 139 Å². The quantitative estimate of drug-likeness (QED) is 0.705. The van der Waals surface area contributed by atoms with E-state index in [1.54, 1.807) is 17.0 Å². The molecule has 6 heteroatoms. The second-order valence-electron chi connectivity index (χ2n) is 5.21. The number of para-hydroxylation sites is 1. The van der Waals surface area contributed by atoms with Gasteiger partial charge in [-0.2, -0.15) is 0 Å². The van der Waals surface area contributed by atoms with Crippen LogP contribution in [0.25, 0.3) is 0 Å². The number of carbonyl (C=O) groups is 2. The van der Waals surface area contributed by atoms with E-state index in [9.17, 15) is 24.9 Å². The first kappa shape index (κ1) is 17.3. The lowest BCUT2D eigenvalue weighted by atomic mass is 9.98. The maximum absolute atomic E-state index is 12.6. The van der Waals surface area contributed by atoms with E-state index < -0.39 is 11.8 Å². The Bertz CT molecular complexity index is 781. The third-order valence-electron chi connectivity index (χ3n) is 3.84. The van der Waals surface area contributed by atoms with Gasteiger partial charge in [0.2, 0.25) is 0 Å². The molecule has 0 amide bonds. The fourth-order valence-electron chi connectivity index (χ4n) is 2.57. The number of ketones is 1. The number of anilines is 1. The lowest BCUT2D eigenvalue weighted by Crippen LogP contribution is -2.24. The van der Waals surface area contributed by atoms with Crippen molar-refractivity contribution in [2.24, 2.45) is 0 Å². The Balaban J connectivity index is 2.61. The lowest BCUT2D eigenvalue weighted by molar-refractivity contribution is 0.0697. The number of benzene rings is 2. The zero-order valence-corrected chi connectivity index (χ0v) is 13.5. The molecule has 0 aromatic heterocycles. The van der Waals surface area contributed by atoms with E-state index in [0.717, 1.165) is 6.07 Å². The molecule has 0 radical (unpaired) electrons. The number of carboxylic acids is 1. The second-order valence-corrected chi connectivity index (χ2v) is 5.21. The van der Waals surface area contributed by atoms with Crippen molar-refractivity contribution >= 4 is 17.4 Å². The summed E-state index contributed by atoms with van der Waals surface area (Å²) in [5.41, 5.74) is 0.110. The molecule has 2 aromatic carbocycles. The highest BCUT2D eigenvalue weighted by atomic mass is 16.4. The predicted molar refractivity (Wildman–Crippen MR) is 90.2 cm³/mol. The average Bonchev–Trinajstić information content (AvgIpc) is 2.55. The fourth-order valence-corrected chi connectivity index (χ4v) is 2.57. The minimum atomic E-state index is -1.19. The molecule has 0 aliphatic rings. The predicted octanol–water partition coefficient (Wildman–Crippen LogP) is 2.87. The van der Waals surface area contributed by atoms with Crippen LogP contribution in [0.3, 0.4) is 0 Å². The van der Waals surface area contributed by atoms with Crippen molar-refractivity contribution in [1.29, 1.82) is 0 Å². The van der Waals surface area contributed by atoms with E-state index in [2.05, 4.69) is 0 Å². The van der Waals surface area contributed by atoms with Gasteiger partial charge in [-0.05, 0) is 32.0 Å². The Morgan fingerprint density at radius 3 is 2.08 bits per heavy atom. The van der Waals surface area contributed by atoms with Crippen molar-refractivity contribution in [3.8, 4) is 11.5 Å². The number of hydrogen-bond acceptors (Lipinski definition) is 5. The number of carboxylic acid groups (broad SMARTS) is 1. The number of carbonyl (C=O) groups excluding carboxylic acids is 1. The largest absolute Gasteiger partial charge is 0.507 e. The van der Waals surface area contributed by atoms with Crippen molar-refractivity contribution < 1.29 is 24.9 Å². The maximum atomic E-state index is 12.6. The fraction of sp³-hybridized carbons (Fsp3) is 0.222. The molecule has 24 heavy (non-hydrogen) atoms. The summed E-state index contributed by atoms with van der Waals surface area (Å²) in [4.78, 5) is 25.9. The number of rotatable bonds is 6. The van der Waals surface area contributed by atoms with Crippen LogP contribution < -0.4 is 4.90 Å². The minimum absolute atomic E-state index is 0.000252. The third kappa shape index (κ3) is 3.17. The molecule has 0 spiro atoms. The molecule has 0 aliphatic heterocycles. The van der Waals surface area contributed by atoms with E-state index in [0.29, 0.717) is 18.8 Å². The molecule has 0 atom stereocenters. The summed E-state index contributed by atoms with van der Waals surface area (Å²) in [5, 5.41) is 29.5. The first-order chi connectivity index (χ1) is 11.4. The highest BCUT2D eigenvalue weighted by Gasteiger charge is 2.23. The number of phenols is 2. The molecular formula is C18H19NO5. The molecule has 0 saturated heterocycles. The van der Waals surface area contributed by atoms with Crippen molar-refractivity contribution in [3.63, 3.8) is 0 Å². The van der Waals surface area contributed by atoms with Gasteiger partial charge in [0.15, 0.2) is 5.78 Å². The Morgan fingerprint density at radius 1 is 0.917 bits per heavy atom. The lowest BCUT2D eigenvalue weighted by Gasteiger charge is -2.23. The molecule has 0 saturated carbocycles. The van der Waals surface area contributed by atoms with Gasteiger partial charge in [-0.25, -0.2) is 4.79 Å². The van der Waals surface area contributed by atoms with Crippen molar-refractivity contribution in [3.05, 3.63) is 53.1 Å². The second kappa shape index (κ2) is 7.04. The van der Waals surface area contributed by atoms with Crippen LogP contribution in [0.1, 0.15) is 40.1 Å². The molecule has 2 rings (SSSR count). The monoisotopic (exact) mass is 329 g/mol. The molecule has 0 bridgehead atoms. The van der Waals surface area contributed by atoms with E-state index in [1.165, 1.54) is 18.2 Å². The van der Waals surface area contributed by atoms with Gasteiger partial charge in [0.1, 0.15) is 11.5 Å². The molecule has 2 aromatic rings. The van der Waals surface area contributed by atoms with E-state index in [4.69, 9.17) is 0 Å². The first-order valence-electron chi connectivity index (χ1n) is 7.58. The van der Waals surface area contributed by atoms with Gasteiger partial charge in [-0.15, -0.1) is 0 Å². The van der Waals surface area contributed by atoms with Crippen LogP contribution in [-0.4, -0.2) is 40.2 Å². The molecule has 126 valence electrons. The molecular weight excluding hydrogens is 310 g/mol.